The summed E-state index contributed by atoms with van der Waals surface area (Å²) in [6.07, 6.45) is 4.01. The Labute approximate surface area is 91.1 Å². The SMILES string of the molecule is CCC(CN)C(O)c1cnn(C(C)C)c1. The van der Waals surface area contributed by atoms with Crippen molar-refractivity contribution in [1.29, 1.82) is 0 Å². The lowest BCUT2D eigenvalue weighted by molar-refractivity contribution is 0.110. The molecular formula is C11H21N3O. The number of aliphatic hydroxyl groups excluding tert-OH is 1. The maximum Gasteiger partial charge on any atom is 0.0860 e. The number of nitrogens with zero attached hydrogens (tertiary/aromatic N) is 2. The van der Waals surface area contributed by atoms with Gasteiger partial charge < -0.3 is 10.8 Å². The first-order chi connectivity index (χ1) is 7.10. The van der Waals surface area contributed by atoms with Gasteiger partial charge in [0.05, 0.1) is 12.3 Å². The van der Waals surface area contributed by atoms with Crippen LogP contribution in [-0.2, 0) is 0 Å². The largest absolute Gasteiger partial charge is 0.388 e. The third-order valence-electron chi connectivity index (χ3n) is 2.77. The van der Waals surface area contributed by atoms with E-state index in [1.54, 1.807) is 6.20 Å². The van der Waals surface area contributed by atoms with Gasteiger partial charge in [0.25, 0.3) is 0 Å². The molecule has 1 aromatic rings. The van der Waals surface area contributed by atoms with Crippen molar-refractivity contribution in [2.24, 2.45) is 11.7 Å². The molecule has 2 atom stereocenters. The molecule has 0 radical (unpaired) electrons. The molecule has 1 heterocycles. The minimum atomic E-state index is -0.493. The molecule has 3 N–H and O–H groups in total. The molecule has 0 aliphatic rings. The summed E-state index contributed by atoms with van der Waals surface area (Å²) in [7, 11) is 0. The van der Waals surface area contributed by atoms with Crippen molar-refractivity contribution in [2.45, 2.75) is 39.3 Å². The highest BCUT2D eigenvalue weighted by molar-refractivity contribution is 5.09. The Hall–Kier alpha value is -0.870. The molecule has 0 amide bonds. The number of aliphatic hydroxyl groups is 1. The van der Waals surface area contributed by atoms with Crippen LogP contribution in [0, 0.1) is 5.92 Å². The van der Waals surface area contributed by atoms with Crippen molar-refractivity contribution >= 4 is 0 Å². The van der Waals surface area contributed by atoms with E-state index in [1.165, 1.54) is 0 Å². The molecule has 0 saturated heterocycles. The van der Waals surface area contributed by atoms with Crippen molar-refractivity contribution in [2.75, 3.05) is 6.54 Å². The standard InChI is InChI=1S/C11H21N3O/c1-4-9(5-12)11(15)10-6-13-14(7-10)8(2)3/h6-9,11,15H,4-5,12H2,1-3H3. The summed E-state index contributed by atoms with van der Waals surface area (Å²) >= 11 is 0. The summed E-state index contributed by atoms with van der Waals surface area (Å²) in [6, 6.07) is 0.323. The van der Waals surface area contributed by atoms with Gasteiger partial charge in [0.15, 0.2) is 0 Å². The van der Waals surface area contributed by atoms with Crippen LogP contribution >= 0.6 is 0 Å². The Bertz CT molecular complexity index is 292. The molecule has 0 aliphatic carbocycles. The predicted molar refractivity (Wildman–Crippen MR) is 60.4 cm³/mol. The molecule has 0 saturated carbocycles. The minimum Gasteiger partial charge on any atom is -0.388 e. The smallest absolute Gasteiger partial charge is 0.0860 e. The van der Waals surface area contributed by atoms with E-state index in [1.807, 2.05) is 17.8 Å². The zero-order valence-electron chi connectivity index (χ0n) is 9.72. The topological polar surface area (TPSA) is 64.1 Å². The van der Waals surface area contributed by atoms with Crippen LogP contribution in [0.4, 0.5) is 0 Å². The van der Waals surface area contributed by atoms with Gasteiger partial charge in [-0.25, -0.2) is 0 Å². The van der Waals surface area contributed by atoms with E-state index in [4.69, 9.17) is 5.73 Å². The molecule has 4 nitrogen and oxygen atoms in total. The molecule has 86 valence electrons. The Morgan fingerprint density at radius 3 is 2.60 bits per heavy atom. The van der Waals surface area contributed by atoms with Gasteiger partial charge in [-0.05, 0) is 26.8 Å². The zero-order chi connectivity index (χ0) is 11.4. The summed E-state index contributed by atoms with van der Waals surface area (Å²) in [6.45, 7) is 6.66. The van der Waals surface area contributed by atoms with Crippen LogP contribution in [0.1, 0.15) is 44.9 Å². The van der Waals surface area contributed by atoms with Gasteiger partial charge in [0, 0.05) is 23.7 Å². The van der Waals surface area contributed by atoms with Crippen LogP contribution in [0.15, 0.2) is 12.4 Å². The van der Waals surface area contributed by atoms with E-state index in [0.29, 0.717) is 12.6 Å². The summed E-state index contributed by atoms with van der Waals surface area (Å²) in [5, 5.41) is 14.2. The second kappa shape index (κ2) is 5.28. The quantitative estimate of drug-likeness (QED) is 0.775. The van der Waals surface area contributed by atoms with Crippen molar-refractivity contribution in [3.05, 3.63) is 18.0 Å². The van der Waals surface area contributed by atoms with E-state index in [9.17, 15) is 5.11 Å². The van der Waals surface area contributed by atoms with Crippen molar-refractivity contribution in [1.82, 2.24) is 9.78 Å². The van der Waals surface area contributed by atoms with E-state index in [0.717, 1.165) is 12.0 Å². The predicted octanol–water partition coefficient (Wildman–Crippen LogP) is 1.48. The van der Waals surface area contributed by atoms with Crippen LogP contribution in [0.2, 0.25) is 0 Å². The van der Waals surface area contributed by atoms with Crippen molar-refractivity contribution in [3.63, 3.8) is 0 Å². The van der Waals surface area contributed by atoms with Gasteiger partial charge in [-0.15, -0.1) is 0 Å². The van der Waals surface area contributed by atoms with Gasteiger partial charge in [-0.2, -0.15) is 5.10 Å². The number of hydrogen-bond acceptors (Lipinski definition) is 3. The monoisotopic (exact) mass is 211 g/mol. The summed E-state index contributed by atoms with van der Waals surface area (Å²) in [5.41, 5.74) is 6.46. The van der Waals surface area contributed by atoms with Gasteiger partial charge in [0.2, 0.25) is 0 Å². The third-order valence-corrected chi connectivity index (χ3v) is 2.77. The van der Waals surface area contributed by atoms with Crippen LogP contribution in [0.5, 0.6) is 0 Å². The average Bonchev–Trinajstić information content (AvgIpc) is 2.68. The maximum absolute atomic E-state index is 10.0. The molecular weight excluding hydrogens is 190 g/mol. The minimum absolute atomic E-state index is 0.120. The second-order valence-corrected chi connectivity index (χ2v) is 4.20. The van der Waals surface area contributed by atoms with E-state index >= 15 is 0 Å². The molecule has 15 heavy (non-hydrogen) atoms. The Kier molecular flexibility index (Phi) is 4.29. The van der Waals surface area contributed by atoms with Crippen molar-refractivity contribution in [3.8, 4) is 0 Å². The molecule has 1 rings (SSSR count). The van der Waals surface area contributed by atoms with Gasteiger partial charge >= 0.3 is 0 Å². The second-order valence-electron chi connectivity index (χ2n) is 4.20. The lowest BCUT2D eigenvalue weighted by Gasteiger charge is -2.18. The zero-order valence-corrected chi connectivity index (χ0v) is 9.72. The Morgan fingerprint density at radius 1 is 1.53 bits per heavy atom. The molecule has 0 spiro atoms. The van der Waals surface area contributed by atoms with Gasteiger partial charge in [-0.1, -0.05) is 6.92 Å². The molecule has 1 aromatic heterocycles. The van der Waals surface area contributed by atoms with Crippen LogP contribution in [0.3, 0.4) is 0 Å². The molecule has 4 heteroatoms. The highest BCUT2D eigenvalue weighted by Crippen LogP contribution is 2.23. The Balaban J connectivity index is 2.77. The van der Waals surface area contributed by atoms with Crippen molar-refractivity contribution < 1.29 is 5.11 Å². The van der Waals surface area contributed by atoms with E-state index < -0.39 is 6.10 Å². The van der Waals surface area contributed by atoms with E-state index in [-0.39, 0.29) is 5.92 Å². The Morgan fingerprint density at radius 2 is 2.20 bits per heavy atom. The summed E-state index contributed by atoms with van der Waals surface area (Å²) in [4.78, 5) is 0. The fraction of sp³-hybridized carbons (Fsp3) is 0.727. The highest BCUT2D eigenvalue weighted by Gasteiger charge is 2.19. The molecule has 0 aliphatic heterocycles. The fourth-order valence-corrected chi connectivity index (χ4v) is 1.58. The number of hydrogen-bond donors (Lipinski definition) is 2. The molecule has 0 fully saturated rings. The maximum atomic E-state index is 10.0. The first-order valence-corrected chi connectivity index (χ1v) is 5.52. The highest BCUT2D eigenvalue weighted by atomic mass is 16.3. The number of nitrogens with two attached hydrogens (primary N) is 1. The number of aromatic nitrogens is 2. The number of rotatable bonds is 5. The van der Waals surface area contributed by atoms with Crippen LogP contribution in [0.25, 0.3) is 0 Å². The first-order valence-electron chi connectivity index (χ1n) is 5.52. The lowest BCUT2D eigenvalue weighted by atomic mass is 9.96. The van der Waals surface area contributed by atoms with Crippen LogP contribution in [-0.4, -0.2) is 21.4 Å². The first kappa shape index (κ1) is 12.2. The normalized spacial score (nSPS) is 15.6. The molecule has 2 unspecified atom stereocenters. The molecule has 0 bridgehead atoms. The van der Waals surface area contributed by atoms with Gasteiger partial charge in [0.1, 0.15) is 0 Å². The summed E-state index contributed by atoms with van der Waals surface area (Å²) < 4.78 is 1.85. The van der Waals surface area contributed by atoms with E-state index in [2.05, 4.69) is 18.9 Å². The van der Waals surface area contributed by atoms with Crippen LogP contribution < -0.4 is 5.73 Å². The van der Waals surface area contributed by atoms with Gasteiger partial charge in [-0.3, -0.25) is 4.68 Å². The third kappa shape index (κ3) is 2.79. The summed E-state index contributed by atoms with van der Waals surface area (Å²) in [5.74, 6) is 0.120. The molecule has 0 aromatic carbocycles. The average molecular weight is 211 g/mol. The lowest BCUT2D eigenvalue weighted by Crippen LogP contribution is -2.21. The fourth-order valence-electron chi connectivity index (χ4n) is 1.58.